The van der Waals surface area contributed by atoms with Crippen molar-refractivity contribution in [2.75, 3.05) is 20.1 Å². The van der Waals surface area contributed by atoms with E-state index in [2.05, 4.69) is 39.9 Å². The van der Waals surface area contributed by atoms with Crippen LogP contribution in [0, 0.1) is 5.92 Å². The van der Waals surface area contributed by atoms with Gasteiger partial charge in [-0.05, 0) is 29.9 Å². The third-order valence-corrected chi connectivity index (χ3v) is 6.03. The highest BCUT2D eigenvalue weighted by molar-refractivity contribution is 5.79. The smallest absolute Gasteiger partial charge is 0.222 e. The van der Waals surface area contributed by atoms with E-state index in [1.807, 2.05) is 11.9 Å². The molecule has 0 spiro atoms. The Balaban J connectivity index is 1.36. The monoisotopic (exact) mass is 384 g/mol. The lowest BCUT2D eigenvalue weighted by atomic mass is 10.0. The number of aliphatic imine (C=N–C) groups is 1. The molecule has 5 heteroatoms. The largest absolute Gasteiger partial charge is 0.356 e. The zero-order chi connectivity index (χ0) is 19.6. The van der Waals surface area contributed by atoms with E-state index in [9.17, 15) is 4.79 Å². The lowest BCUT2D eigenvalue weighted by Gasteiger charge is -2.16. The Morgan fingerprint density at radius 3 is 2.71 bits per heavy atom. The standard InChI is InChI=1S/C23H36N4O/c1-24-23(25-14-5-4-10-19-8-2-3-9-19)26-17-20-11-6-12-21(16-20)18-27-15-7-13-22(27)28/h6,11-12,16,19H,2-5,7-10,13-15,17-18H2,1H3,(H2,24,25,26). The van der Waals surface area contributed by atoms with Gasteiger partial charge in [-0.2, -0.15) is 0 Å². The van der Waals surface area contributed by atoms with Crippen molar-refractivity contribution in [3.8, 4) is 0 Å². The third kappa shape index (κ3) is 6.54. The van der Waals surface area contributed by atoms with Crippen LogP contribution in [0.4, 0.5) is 0 Å². The van der Waals surface area contributed by atoms with Crippen LogP contribution in [0.3, 0.4) is 0 Å². The molecule has 1 amide bonds. The Morgan fingerprint density at radius 1 is 1.14 bits per heavy atom. The van der Waals surface area contributed by atoms with Gasteiger partial charge in [-0.1, -0.05) is 62.8 Å². The summed E-state index contributed by atoms with van der Waals surface area (Å²) in [5.74, 6) is 2.13. The van der Waals surface area contributed by atoms with Crippen molar-refractivity contribution in [1.29, 1.82) is 0 Å². The molecule has 2 fully saturated rings. The topological polar surface area (TPSA) is 56.7 Å². The number of nitrogens with one attached hydrogen (secondary N) is 2. The predicted molar refractivity (Wildman–Crippen MR) is 115 cm³/mol. The van der Waals surface area contributed by atoms with Crippen LogP contribution >= 0.6 is 0 Å². The van der Waals surface area contributed by atoms with Gasteiger partial charge in [0.1, 0.15) is 0 Å². The lowest BCUT2D eigenvalue weighted by Crippen LogP contribution is -2.37. The minimum Gasteiger partial charge on any atom is -0.356 e. The average molecular weight is 385 g/mol. The fraction of sp³-hybridized carbons (Fsp3) is 0.652. The number of benzene rings is 1. The molecule has 0 radical (unpaired) electrons. The number of rotatable bonds is 9. The van der Waals surface area contributed by atoms with Crippen LogP contribution in [0.25, 0.3) is 0 Å². The number of amides is 1. The molecular formula is C23H36N4O. The first-order chi connectivity index (χ1) is 13.7. The summed E-state index contributed by atoms with van der Waals surface area (Å²) >= 11 is 0. The molecule has 1 aromatic carbocycles. The number of nitrogens with zero attached hydrogens (tertiary/aromatic N) is 2. The summed E-state index contributed by atoms with van der Waals surface area (Å²) in [4.78, 5) is 18.1. The summed E-state index contributed by atoms with van der Waals surface area (Å²) in [6, 6.07) is 8.49. The highest BCUT2D eigenvalue weighted by Crippen LogP contribution is 2.28. The molecule has 28 heavy (non-hydrogen) atoms. The second-order valence-corrected chi connectivity index (χ2v) is 8.24. The maximum Gasteiger partial charge on any atom is 0.222 e. The normalized spacial score (nSPS) is 18.1. The minimum atomic E-state index is 0.279. The van der Waals surface area contributed by atoms with Crippen molar-refractivity contribution in [3.05, 3.63) is 35.4 Å². The molecule has 0 unspecified atom stereocenters. The zero-order valence-corrected chi connectivity index (χ0v) is 17.4. The molecule has 1 aromatic rings. The third-order valence-electron chi connectivity index (χ3n) is 6.03. The van der Waals surface area contributed by atoms with Crippen LogP contribution in [0.15, 0.2) is 29.3 Å². The molecule has 2 aliphatic rings. The second kappa shape index (κ2) is 11.1. The molecular weight excluding hydrogens is 348 g/mol. The zero-order valence-electron chi connectivity index (χ0n) is 17.4. The van der Waals surface area contributed by atoms with E-state index in [1.165, 1.54) is 56.1 Å². The summed E-state index contributed by atoms with van der Waals surface area (Å²) in [7, 11) is 1.82. The van der Waals surface area contributed by atoms with Gasteiger partial charge in [-0.15, -0.1) is 0 Å². The van der Waals surface area contributed by atoms with E-state index in [-0.39, 0.29) is 5.91 Å². The minimum absolute atomic E-state index is 0.279. The number of unbranched alkanes of at least 4 members (excludes halogenated alkanes) is 1. The molecule has 1 saturated carbocycles. The maximum atomic E-state index is 11.8. The van der Waals surface area contributed by atoms with Gasteiger partial charge >= 0.3 is 0 Å². The quantitative estimate of drug-likeness (QED) is 0.386. The molecule has 0 bridgehead atoms. The summed E-state index contributed by atoms with van der Waals surface area (Å²) in [6.07, 6.45) is 11.4. The Bertz CT molecular complexity index is 652. The summed E-state index contributed by atoms with van der Waals surface area (Å²) in [5.41, 5.74) is 2.41. The van der Waals surface area contributed by atoms with Crippen molar-refractivity contribution in [3.63, 3.8) is 0 Å². The van der Waals surface area contributed by atoms with Gasteiger partial charge in [-0.3, -0.25) is 9.79 Å². The summed E-state index contributed by atoms with van der Waals surface area (Å²) < 4.78 is 0. The molecule has 1 heterocycles. The second-order valence-electron chi connectivity index (χ2n) is 8.24. The Hall–Kier alpha value is -2.04. The van der Waals surface area contributed by atoms with Crippen molar-refractivity contribution >= 4 is 11.9 Å². The maximum absolute atomic E-state index is 11.8. The summed E-state index contributed by atoms with van der Waals surface area (Å²) in [5, 5.41) is 6.84. The number of hydrogen-bond acceptors (Lipinski definition) is 2. The van der Waals surface area contributed by atoms with Crippen molar-refractivity contribution in [2.24, 2.45) is 10.9 Å². The van der Waals surface area contributed by atoms with Gasteiger partial charge in [0.15, 0.2) is 5.96 Å². The molecule has 1 aliphatic heterocycles. The van der Waals surface area contributed by atoms with Gasteiger partial charge in [0.25, 0.3) is 0 Å². The van der Waals surface area contributed by atoms with E-state index < -0.39 is 0 Å². The van der Waals surface area contributed by atoms with E-state index in [1.54, 1.807) is 0 Å². The van der Waals surface area contributed by atoms with Gasteiger partial charge in [0, 0.05) is 39.6 Å². The van der Waals surface area contributed by atoms with Gasteiger partial charge in [-0.25, -0.2) is 0 Å². The molecule has 3 rings (SSSR count). The van der Waals surface area contributed by atoms with Crippen LogP contribution in [0.5, 0.6) is 0 Å². The molecule has 154 valence electrons. The highest BCUT2D eigenvalue weighted by atomic mass is 16.2. The SMILES string of the molecule is CN=C(NCCCCC1CCCC1)NCc1cccc(CN2CCCC2=O)c1. The fourth-order valence-corrected chi connectivity index (χ4v) is 4.40. The summed E-state index contributed by atoms with van der Waals surface area (Å²) in [6.45, 7) is 3.33. The molecule has 2 N–H and O–H groups in total. The van der Waals surface area contributed by atoms with Gasteiger partial charge in [0.05, 0.1) is 0 Å². The predicted octanol–water partition coefficient (Wildman–Crippen LogP) is 3.83. The van der Waals surface area contributed by atoms with Crippen LogP contribution in [-0.4, -0.2) is 36.9 Å². The van der Waals surface area contributed by atoms with Crippen LogP contribution in [0.2, 0.25) is 0 Å². The Kier molecular flexibility index (Phi) is 8.19. The highest BCUT2D eigenvalue weighted by Gasteiger charge is 2.20. The first-order valence-corrected chi connectivity index (χ1v) is 11.0. The Labute approximate surface area is 170 Å². The molecule has 0 aromatic heterocycles. The van der Waals surface area contributed by atoms with E-state index in [4.69, 9.17) is 0 Å². The molecule has 1 saturated heterocycles. The van der Waals surface area contributed by atoms with Crippen LogP contribution in [-0.2, 0) is 17.9 Å². The van der Waals surface area contributed by atoms with Gasteiger partial charge in [0.2, 0.25) is 5.91 Å². The van der Waals surface area contributed by atoms with Crippen LogP contribution < -0.4 is 10.6 Å². The number of likely N-dealkylation sites (tertiary alicyclic amines) is 1. The van der Waals surface area contributed by atoms with E-state index in [0.29, 0.717) is 6.42 Å². The molecule has 5 nitrogen and oxygen atoms in total. The number of carbonyl (C=O) groups is 1. The van der Waals surface area contributed by atoms with Crippen molar-refractivity contribution in [2.45, 2.75) is 70.9 Å². The average Bonchev–Trinajstić information content (AvgIpc) is 3.36. The van der Waals surface area contributed by atoms with E-state index in [0.717, 1.165) is 44.5 Å². The number of guanidine groups is 1. The van der Waals surface area contributed by atoms with Crippen LogP contribution in [0.1, 0.15) is 68.9 Å². The number of hydrogen-bond donors (Lipinski definition) is 2. The first-order valence-electron chi connectivity index (χ1n) is 11.0. The Morgan fingerprint density at radius 2 is 1.96 bits per heavy atom. The first kappa shape index (κ1) is 20.7. The van der Waals surface area contributed by atoms with Crippen molar-refractivity contribution < 1.29 is 4.79 Å². The molecule has 1 aliphatic carbocycles. The van der Waals surface area contributed by atoms with Crippen molar-refractivity contribution in [1.82, 2.24) is 15.5 Å². The fourth-order valence-electron chi connectivity index (χ4n) is 4.40. The van der Waals surface area contributed by atoms with E-state index >= 15 is 0 Å². The lowest BCUT2D eigenvalue weighted by molar-refractivity contribution is -0.128. The number of carbonyl (C=O) groups excluding carboxylic acids is 1. The van der Waals surface area contributed by atoms with Gasteiger partial charge < -0.3 is 15.5 Å². The molecule has 0 atom stereocenters.